The maximum Gasteiger partial charge on any atom is 0.410 e. The molecule has 0 saturated carbocycles. The minimum absolute atomic E-state index is 0.0154. The van der Waals surface area contributed by atoms with Gasteiger partial charge >= 0.3 is 6.09 Å². The molecular weight excluding hydrogens is 292 g/mol. The maximum absolute atomic E-state index is 12.0. The number of amides is 2. The number of carbonyl (C=O) groups excluding carboxylic acids is 2. The molecule has 0 aliphatic carbocycles. The molecule has 0 atom stereocenters. The molecule has 1 aliphatic heterocycles. The first-order valence-electron chi connectivity index (χ1n) is 7.00. The smallest absolute Gasteiger partial charge is 0.410 e. The summed E-state index contributed by atoms with van der Waals surface area (Å²) in [5.74, 6) is -0.102. The van der Waals surface area contributed by atoms with Crippen molar-refractivity contribution < 1.29 is 14.3 Å². The SMILES string of the molecule is O=C(CCl)N1CCCN(C(=O)OCc2ccccc2)CC1. The normalized spacial score (nSPS) is 15.5. The standard InChI is InChI=1S/C15H19ClN2O3/c16-11-14(19)17-7-4-8-18(10-9-17)15(20)21-12-13-5-2-1-3-6-13/h1-3,5-6H,4,7-12H2. The van der Waals surface area contributed by atoms with Gasteiger partial charge in [0.1, 0.15) is 12.5 Å². The lowest BCUT2D eigenvalue weighted by atomic mass is 10.2. The third-order valence-electron chi connectivity index (χ3n) is 3.43. The van der Waals surface area contributed by atoms with Gasteiger partial charge in [0.15, 0.2) is 0 Å². The summed E-state index contributed by atoms with van der Waals surface area (Å²) in [6.07, 6.45) is 0.405. The average Bonchev–Trinajstić information content (AvgIpc) is 2.79. The first kappa shape index (κ1) is 15.6. The molecule has 0 bridgehead atoms. The monoisotopic (exact) mass is 310 g/mol. The van der Waals surface area contributed by atoms with Gasteiger partial charge in [0.25, 0.3) is 0 Å². The van der Waals surface area contributed by atoms with E-state index in [1.807, 2.05) is 30.3 Å². The Balaban J connectivity index is 1.81. The van der Waals surface area contributed by atoms with Gasteiger partial charge in [0, 0.05) is 26.2 Å². The van der Waals surface area contributed by atoms with Crippen LogP contribution in [-0.2, 0) is 16.1 Å². The summed E-state index contributed by atoms with van der Waals surface area (Å²) < 4.78 is 5.30. The van der Waals surface area contributed by atoms with Crippen molar-refractivity contribution in [3.63, 3.8) is 0 Å². The van der Waals surface area contributed by atoms with E-state index in [9.17, 15) is 9.59 Å². The molecule has 0 spiro atoms. The molecule has 6 heteroatoms. The predicted octanol–water partition coefficient (Wildman–Crippen LogP) is 2.10. The molecule has 1 saturated heterocycles. The van der Waals surface area contributed by atoms with Crippen molar-refractivity contribution in [1.29, 1.82) is 0 Å². The lowest BCUT2D eigenvalue weighted by Gasteiger charge is -2.21. The fourth-order valence-corrected chi connectivity index (χ4v) is 2.41. The number of rotatable bonds is 3. The first-order chi connectivity index (χ1) is 10.2. The van der Waals surface area contributed by atoms with Crippen LogP contribution >= 0.6 is 11.6 Å². The Morgan fingerprint density at radius 3 is 2.43 bits per heavy atom. The number of hydrogen-bond acceptors (Lipinski definition) is 3. The Morgan fingerprint density at radius 1 is 1.05 bits per heavy atom. The van der Waals surface area contributed by atoms with E-state index in [-0.39, 0.29) is 24.5 Å². The van der Waals surface area contributed by atoms with Gasteiger partial charge in [-0.05, 0) is 12.0 Å². The molecule has 0 radical (unpaired) electrons. The van der Waals surface area contributed by atoms with Gasteiger partial charge in [-0.2, -0.15) is 0 Å². The summed E-state index contributed by atoms with van der Waals surface area (Å²) in [6, 6.07) is 9.56. The van der Waals surface area contributed by atoms with E-state index in [0.717, 1.165) is 12.0 Å². The molecular formula is C15H19ClN2O3. The number of hydrogen-bond donors (Lipinski definition) is 0. The van der Waals surface area contributed by atoms with E-state index >= 15 is 0 Å². The van der Waals surface area contributed by atoms with E-state index in [2.05, 4.69) is 0 Å². The molecule has 1 fully saturated rings. The molecule has 2 amide bonds. The molecule has 0 aromatic heterocycles. The van der Waals surface area contributed by atoms with Gasteiger partial charge < -0.3 is 14.5 Å². The molecule has 1 aromatic carbocycles. The fraction of sp³-hybridized carbons (Fsp3) is 0.467. The number of ether oxygens (including phenoxy) is 1. The zero-order valence-electron chi connectivity index (χ0n) is 11.8. The van der Waals surface area contributed by atoms with Crippen molar-refractivity contribution >= 4 is 23.6 Å². The van der Waals surface area contributed by atoms with Crippen molar-refractivity contribution in [2.75, 3.05) is 32.1 Å². The Labute approximate surface area is 129 Å². The lowest BCUT2D eigenvalue weighted by molar-refractivity contribution is -0.128. The molecule has 1 aliphatic rings. The third-order valence-corrected chi connectivity index (χ3v) is 3.65. The van der Waals surface area contributed by atoms with E-state index < -0.39 is 0 Å². The van der Waals surface area contributed by atoms with E-state index in [0.29, 0.717) is 26.2 Å². The highest BCUT2D eigenvalue weighted by molar-refractivity contribution is 6.27. The molecule has 0 unspecified atom stereocenters. The minimum Gasteiger partial charge on any atom is -0.445 e. The van der Waals surface area contributed by atoms with Crippen LogP contribution in [0.4, 0.5) is 4.79 Å². The summed E-state index contributed by atoms with van der Waals surface area (Å²) >= 11 is 5.56. The summed E-state index contributed by atoms with van der Waals surface area (Å²) in [7, 11) is 0. The number of nitrogens with zero attached hydrogens (tertiary/aromatic N) is 2. The van der Waals surface area contributed by atoms with Crippen molar-refractivity contribution in [2.24, 2.45) is 0 Å². The summed E-state index contributed by atoms with van der Waals surface area (Å²) in [5.41, 5.74) is 0.958. The highest BCUT2D eigenvalue weighted by atomic mass is 35.5. The number of alkyl halides is 1. The van der Waals surface area contributed by atoms with Crippen molar-refractivity contribution in [3.05, 3.63) is 35.9 Å². The fourth-order valence-electron chi connectivity index (χ4n) is 2.24. The van der Waals surface area contributed by atoms with Crippen LogP contribution in [0.1, 0.15) is 12.0 Å². The van der Waals surface area contributed by atoms with Crippen LogP contribution in [-0.4, -0.2) is 53.9 Å². The Bertz CT molecular complexity index is 481. The van der Waals surface area contributed by atoms with Gasteiger partial charge in [-0.3, -0.25) is 4.79 Å². The van der Waals surface area contributed by atoms with Crippen molar-refractivity contribution in [2.45, 2.75) is 13.0 Å². The quantitative estimate of drug-likeness (QED) is 0.803. The van der Waals surface area contributed by atoms with Crippen molar-refractivity contribution in [3.8, 4) is 0 Å². The van der Waals surface area contributed by atoms with Gasteiger partial charge in [0.05, 0.1) is 0 Å². The second kappa shape index (κ2) is 7.88. The topological polar surface area (TPSA) is 49.9 Å². The Kier molecular flexibility index (Phi) is 5.87. The molecule has 5 nitrogen and oxygen atoms in total. The van der Waals surface area contributed by atoms with Crippen molar-refractivity contribution in [1.82, 2.24) is 9.80 Å². The van der Waals surface area contributed by atoms with E-state index in [1.54, 1.807) is 9.80 Å². The molecule has 114 valence electrons. The van der Waals surface area contributed by atoms with E-state index in [4.69, 9.17) is 16.3 Å². The summed E-state index contributed by atoms with van der Waals surface area (Å²) in [5, 5.41) is 0. The first-order valence-corrected chi connectivity index (χ1v) is 7.53. The second-order valence-electron chi connectivity index (χ2n) is 4.90. The minimum atomic E-state index is -0.334. The summed E-state index contributed by atoms with van der Waals surface area (Å²) in [4.78, 5) is 26.9. The van der Waals surface area contributed by atoms with Gasteiger partial charge in [0.2, 0.25) is 5.91 Å². The Morgan fingerprint density at radius 2 is 1.71 bits per heavy atom. The maximum atomic E-state index is 12.0. The zero-order valence-corrected chi connectivity index (χ0v) is 12.6. The summed E-state index contributed by atoms with van der Waals surface area (Å²) in [6.45, 7) is 2.48. The highest BCUT2D eigenvalue weighted by Crippen LogP contribution is 2.08. The highest BCUT2D eigenvalue weighted by Gasteiger charge is 2.22. The molecule has 1 aromatic rings. The number of benzene rings is 1. The second-order valence-corrected chi connectivity index (χ2v) is 5.16. The molecule has 2 rings (SSSR count). The van der Waals surface area contributed by atoms with Gasteiger partial charge in [-0.15, -0.1) is 11.6 Å². The molecule has 21 heavy (non-hydrogen) atoms. The van der Waals surface area contributed by atoms with Crippen LogP contribution < -0.4 is 0 Å². The van der Waals surface area contributed by atoms with Gasteiger partial charge in [-0.25, -0.2) is 4.79 Å². The predicted molar refractivity (Wildman–Crippen MR) is 80.1 cm³/mol. The molecule has 0 N–H and O–H groups in total. The van der Waals surface area contributed by atoms with Crippen LogP contribution in [0.25, 0.3) is 0 Å². The Hall–Kier alpha value is -1.75. The van der Waals surface area contributed by atoms with Crippen LogP contribution in [0.5, 0.6) is 0 Å². The van der Waals surface area contributed by atoms with Crippen LogP contribution in [0.2, 0.25) is 0 Å². The number of halogens is 1. The van der Waals surface area contributed by atoms with Crippen LogP contribution in [0.15, 0.2) is 30.3 Å². The van der Waals surface area contributed by atoms with Gasteiger partial charge in [-0.1, -0.05) is 30.3 Å². The average molecular weight is 311 g/mol. The van der Waals surface area contributed by atoms with Crippen LogP contribution in [0.3, 0.4) is 0 Å². The lowest BCUT2D eigenvalue weighted by Crippen LogP contribution is -2.38. The van der Waals surface area contributed by atoms with Crippen LogP contribution in [0, 0.1) is 0 Å². The van der Waals surface area contributed by atoms with E-state index in [1.165, 1.54) is 0 Å². The third kappa shape index (κ3) is 4.63. The zero-order chi connectivity index (χ0) is 15.1. The molecule has 1 heterocycles. The number of carbonyl (C=O) groups is 2. The largest absolute Gasteiger partial charge is 0.445 e.